The van der Waals surface area contributed by atoms with Gasteiger partial charge < -0.3 is 9.88 Å². The van der Waals surface area contributed by atoms with E-state index in [1.165, 1.54) is 12.4 Å². The van der Waals surface area contributed by atoms with Crippen molar-refractivity contribution in [1.29, 1.82) is 0 Å². The number of nitrogens with zero attached hydrogens (tertiary/aromatic N) is 6. The maximum absolute atomic E-state index is 11.8. The maximum Gasteiger partial charge on any atom is 0.246 e. The first kappa shape index (κ1) is 19.0. The van der Waals surface area contributed by atoms with Gasteiger partial charge in [-0.25, -0.2) is 15.0 Å². The Morgan fingerprint density at radius 1 is 1.35 bits per heavy atom. The number of allylic oxidation sites excluding steroid dienone is 2. The molecule has 8 nitrogen and oxygen atoms in total. The first-order chi connectivity index (χ1) is 15.2. The van der Waals surface area contributed by atoms with E-state index in [0.29, 0.717) is 37.0 Å². The van der Waals surface area contributed by atoms with Gasteiger partial charge in [0.15, 0.2) is 5.82 Å². The summed E-state index contributed by atoms with van der Waals surface area (Å²) in [6, 6.07) is 2.16. The molecule has 1 aliphatic carbocycles. The summed E-state index contributed by atoms with van der Waals surface area (Å²) in [5, 5.41) is 7.28. The van der Waals surface area contributed by atoms with E-state index in [9.17, 15) is 4.79 Å². The number of nitrogens with one attached hydrogen (secondary N) is 1. The van der Waals surface area contributed by atoms with Crippen molar-refractivity contribution in [3.63, 3.8) is 0 Å². The number of fused-ring (bicyclic) bond motifs is 2. The predicted octanol–water partition coefficient (Wildman–Crippen LogP) is 2.21. The number of aliphatic imine (C=N–C) groups is 1. The highest BCUT2D eigenvalue weighted by Gasteiger charge is 2.27. The van der Waals surface area contributed by atoms with Gasteiger partial charge in [-0.05, 0) is 18.1 Å². The Balaban J connectivity index is 1.32. The third kappa shape index (κ3) is 3.78. The molecule has 31 heavy (non-hydrogen) atoms. The minimum atomic E-state index is -0.0781. The average Bonchev–Trinajstić information content (AvgIpc) is 3.52. The summed E-state index contributed by atoms with van der Waals surface area (Å²) >= 11 is 0. The second kappa shape index (κ2) is 8.03. The van der Waals surface area contributed by atoms with Crippen LogP contribution in [0.2, 0.25) is 0 Å². The largest absolute Gasteiger partial charge is 0.333 e. The molecule has 3 aliphatic rings. The van der Waals surface area contributed by atoms with Gasteiger partial charge in [-0.1, -0.05) is 36.8 Å². The monoisotopic (exact) mass is 411 g/mol. The van der Waals surface area contributed by atoms with Crippen molar-refractivity contribution in [3.05, 3.63) is 55.0 Å². The van der Waals surface area contributed by atoms with Gasteiger partial charge in [0.2, 0.25) is 5.91 Å². The Labute approximate surface area is 179 Å². The number of carbonyl (C=O) groups excluding carboxylic acids is 1. The van der Waals surface area contributed by atoms with Crippen LogP contribution >= 0.6 is 0 Å². The van der Waals surface area contributed by atoms with Gasteiger partial charge in [0.25, 0.3) is 0 Å². The van der Waals surface area contributed by atoms with Crippen LogP contribution < -0.4 is 0 Å². The Hall–Kier alpha value is -3.99. The fourth-order valence-corrected chi connectivity index (χ4v) is 3.93. The summed E-state index contributed by atoms with van der Waals surface area (Å²) in [6.07, 6.45) is 13.9. The SMILES string of the molecule is C=CC(=O)N1CCC(=Nc2ncnc3[nH]c(C#CCN4N=CC5C=CC=CC54)cc23)C1. The van der Waals surface area contributed by atoms with Crippen LogP contribution in [-0.2, 0) is 4.79 Å². The molecule has 1 saturated heterocycles. The van der Waals surface area contributed by atoms with Crippen molar-refractivity contribution >= 4 is 34.7 Å². The second-order valence-electron chi connectivity index (χ2n) is 7.54. The third-order valence-corrected chi connectivity index (χ3v) is 5.54. The topological polar surface area (TPSA) is 89.8 Å². The summed E-state index contributed by atoms with van der Waals surface area (Å²) < 4.78 is 0. The number of rotatable bonds is 3. The molecular formula is C23H21N7O. The van der Waals surface area contributed by atoms with Crippen LogP contribution in [0.3, 0.4) is 0 Å². The van der Waals surface area contributed by atoms with Crippen LogP contribution in [0.1, 0.15) is 12.1 Å². The molecule has 2 unspecified atom stereocenters. The van der Waals surface area contributed by atoms with Crippen LogP contribution in [0, 0.1) is 17.8 Å². The Kier molecular flexibility index (Phi) is 4.92. The van der Waals surface area contributed by atoms with E-state index in [1.54, 1.807) is 4.90 Å². The second-order valence-corrected chi connectivity index (χ2v) is 7.54. The van der Waals surface area contributed by atoms with E-state index in [2.05, 4.69) is 61.7 Å². The van der Waals surface area contributed by atoms with Crippen molar-refractivity contribution in [1.82, 2.24) is 24.9 Å². The molecule has 1 amide bonds. The molecule has 2 aromatic heterocycles. The molecule has 4 heterocycles. The number of aromatic nitrogens is 3. The lowest BCUT2D eigenvalue weighted by atomic mass is 9.97. The number of hydrazone groups is 1. The van der Waals surface area contributed by atoms with E-state index < -0.39 is 0 Å². The summed E-state index contributed by atoms with van der Waals surface area (Å²) in [7, 11) is 0. The number of amides is 1. The van der Waals surface area contributed by atoms with Crippen LogP contribution in [0.4, 0.5) is 5.82 Å². The van der Waals surface area contributed by atoms with E-state index in [1.807, 2.05) is 23.4 Å². The lowest BCUT2D eigenvalue weighted by molar-refractivity contribution is -0.124. The fraction of sp³-hybridized carbons (Fsp3) is 0.261. The molecule has 0 saturated carbocycles. The van der Waals surface area contributed by atoms with E-state index in [4.69, 9.17) is 0 Å². The maximum atomic E-state index is 11.8. The standard InChI is InChI=1S/C23H21N7O/c1-2-21(31)29-11-9-18(14-29)28-23-19-12-17(27-22(19)24-15-25-23)7-5-10-30-20-8-4-3-6-16(20)13-26-30/h2-4,6,8,12-13,15-16,20H,1,9-11,14H2,(H,24,25,27). The zero-order valence-corrected chi connectivity index (χ0v) is 16.9. The van der Waals surface area contributed by atoms with Gasteiger partial charge >= 0.3 is 0 Å². The fourth-order valence-electron chi connectivity index (χ4n) is 3.93. The molecule has 1 N–H and O–H groups in total. The molecule has 2 atom stereocenters. The molecule has 0 spiro atoms. The number of carbonyl (C=O) groups is 1. The smallest absolute Gasteiger partial charge is 0.246 e. The minimum absolute atomic E-state index is 0.0781. The molecule has 8 heteroatoms. The molecule has 0 bridgehead atoms. The van der Waals surface area contributed by atoms with Crippen molar-refractivity contribution in [2.45, 2.75) is 12.5 Å². The van der Waals surface area contributed by atoms with E-state index in [-0.39, 0.29) is 11.9 Å². The van der Waals surface area contributed by atoms with Crippen molar-refractivity contribution in [2.75, 3.05) is 19.6 Å². The normalized spacial score (nSPS) is 22.8. The van der Waals surface area contributed by atoms with Crippen LogP contribution in [-0.4, -0.2) is 68.4 Å². The first-order valence-electron chi connectivity index (χ1n) is 10.2. The molecular weight excluding hydrogens is 390 g/mol. The van der Waals surface area contributed by atoms with Crippen molar-refractivity contribution in [2.24, 2.45) is 16.0 Å². The third-order valence-electron chi connectivity index (χ3n) is 5.54. The van der Waals surface area contributed by atoms with Gasteiger partial charge in [-0.15, -0.1) is 0 Å². The number of hydrogen-bond acceptors (Lipinski definition) is 6. The summed E-state index contributed by atoms with van der Waals surface area (Å²) in [6.45, 7) is 5.22. The number of likely N-dealkylation sites (tertiary alicyclic amines) is 1. The Bertz CT molecular complexity index is 1220. The molecule has 2 aliphatic heterocycles. The summed E-state index contributed by atoms with van der Waals surface area (Å²) in [5.74, 6) is 7.19. The number of hydrogen-bond donors (Lipinski definition) is 1. The van der Waals surface area contributed by atoms with Gasteiger partial charge in [0, 0.05) is 30.8 Å². The molecule has 5 rings (SSSR count). The number of aromatic amines is 1. The molecule has 0 radical (unpaired) electrons. The average molecular weight is 411 g/mol. The highest BCUT2D eigenvalue weighted by atomic mass is 16.2. The van der Waals surface area contributed by atoms with Gasteiger partial charge in [0.05, 0.1) is 30.2 Å². The first-order valence-corrected chi connectivity index (χ1v) is 10.2. The van der Waals surface area contributed by atoms with Crippen LogP contribution in [0.25, 0.3) is 11.0 Å². The van der Waals surface area contributed by atoms with Gasteiger partial charge in [-0.2, -0.15) is 5.10 Å². The van der Waals surface area contributed by atoms with E-state index >= 15 is 0 Å². The predicted molar refractivity (Wildman–Crippen MR) is 120 cm³/mol. The molecule has 0 aromatic carbocycles. The number of H-pyrrole nitrogens is 1. The van der Waals surface area contributed by atoms with Crippen molar-refractivity contribution < 1.29 is 4.79 Å². The zero-order chi connectivity index (χ0) is 21.2. The molecule has 1 fully saturated rings. The molecule has 2 aromatic rings. The van der Waals surface area contributed by atoms with Gasteiger partial charge in [-0.3, -0.25) is 9.80 Å². The lowest BCUT2D eigenvalue weighted by Gasteiger charge is -2.23. The zero-order valence-electron chi connectivity index (χ0n) is 16.9. The minimum Gasteiger partial charge on any atom is -0.333 e. The van der Waals surface area contributed by atoms with Crippen LogP contribution in [0.15, 0.2) is 59.4 Å². The van der Waals surface area contributed by atoms with Gasteiger partial charge in [0.1, 0.15) is 12.0 Å². The van der Waals surface area contributed by atoms with E-state index in [0.717, 1.165) is 23.2 Å². The summed E-state index contributed by atoms with van der Waals surface area (Å²) in [4.78, 5) is 30.1. The molecule has 154 valence electrons. The van der Waals surface area contributed by atoms with Crippen LogP contribution in [0.5, 0.6) is 0 Å². The summed E-state index contributed by atoms with van der Waals surface area (Å²) in [5.41, 5.74) is 2.36. The van der Waals surface area contributed by atoms with Crippen molar-refractivity contribution in [3.8, 4) is 11.8 Å². The Morgan fingerprint density at radius 3 is 3.16 bits per heavy atom. The Morgan fingerprint density at radius 2 is 2.26 bits per heavy atom. The quantitative estimate of drug-likeness (QED) is 0.619. The lowest BCUT2D eigenvalue weighted by Crippen LogP contribution is -2.30. The highest BCUT2D eigenvalue weighted by molar-refractivity contribution is 5.99. The highest BCUT2D eigenvalue weighted by Crippen LogP contribution is 2.25.